The molecule has 0 bridgehead atoms. The van der Waals surface area contributed by atoms with E-state index in [0.717, 1.165) is 16.4 Å². The fourth-order valence-corrected chi connectivity index (χ4v) is 2.82. The van der Waals surface area contributed by atoms with E-state index in [4.69, 9.17) is 0 Å². The monoisotopic (exact) mass is 313 g/mol. The fraction of sp³-hybridized carbons (Fsp3) is 0.200. The highest BCUT2D eigenvalue weighted by atomic mass is 32.2. The van der Waals surface area contributed by atoms with Crippen molar-refractivity contribution in [2.24, 2.45) is 0 Å². The maximum atomic E-state index is 11.8. The minimum Gasteiger partial charge on any atom is -0.352 e. The molecule has 0 aliphatic rings. The largest absolute Gasteiger partial charge is 0.352 e. The lowest BCUT2D eigenvalue weighted by molar-refractivity contribution is -0.120. The zero-order valence-electron chi connectivity index (χ0n) is 12.0. The molecular weight excluding hydrogens is 298 g/mol. The van der Waals surface area contributed by atoms with Gasteiger partial charge < -0.3 is 10.3 Å². The first kappa shape index (κ1) is 14.5. The number of aromatic nitrogens is 4. The first-order valence-electron chi connectivity index (χ1n) is 6.85. The SMILES string of the molecule is C=CCNC(=O)C(C)Sc1nnc2c(n1)[nH]c1ccccc12. The number of H-pyrrole nitrogens is 1. The highest BCUT2D eigenvalue weighted by Gasteiger charge is 2.16. The molecule has 2 N–H and O–H groups in total. The van der Waals surface area contributed by atoms with E-state index in [1.807, 2.05) is 31.2 Å². The molecule has 22 heavy (non-hydrogen) atoms. The van der Waals surface area contributed by atoms with Crippen molar-refractivity contribution in [2.75, 3.05) is 6.54 Å². The van der Waals surface area contributed by atoms with Crippen LogP contribution < -0.4 is 5.32 Å². The Bertz CT molecular complexity index is 844. The van der Waals surface area contributed by atoms with Crippen molar-refractivity contribution in [3.8, 4) is 0 Å². The number of para-hydroxylation sites is 1. The number of carbonyl (C=O) groups excluding carboxylic acids is 1. The van der Waals surface area contributed by atoms with Gasteiger partial charge in [0.25, 0.3) is 0 Å². The standard InChI is InChI=1S/C15H15N5OS/c1-3-8-16-14(21)9(2)22-15-18-13-12(19-20-15)10-6-4-5-7-11(10)17-13/h3-7,9H,1,8H2,2H3,(H,16,21)(H,17,18,20). The molecule has 0 saturated heterocycles. The predicted molar refractivity (Wildman–Crippen MR) is 87.7 cm³/mol. The van der Waals surface area contributed by atoms with Gasteiger partial charge >= 0.3 is 0 Å². The minimum atomic E-state index is -0.302. The van der Waals surface area contributed by atoms with Crippen molar-refractivity contribution in [3.63, 3.8) is 0 Å². The number of nitrogens with zero attached hydrogens (tertiary/aromatic N) is 3. The van der Waals surface area contributed by atoms with Gasteiger partial charge in [-0.15, -0.1) is 16.8 Å². The number of fused-ring (bicyclic) bond motifs is 3. The van der Waals surface area contributed by atoms with Gasteiger partial charge in [0.15, 0.2) is 5.65 Å². The normalized spacial score (nSPS) is 12.4. The van der Waals surface area contributed by atoms with Gasteiger partial charge in [-0.25, -0.2) is 4.98 Å². The van der Waals surface area contributed by atoms with Crippen molar-refractivity contribution in [2.45, 2.75) is 17.3 Å². The number of benzene rings is 1. The van der Waals surface area contributed by atoms with Gasteiger partial charge in [0.05, 0.1) is 5.25 Å². The maximum absolute atomic E-state index is 11.8. The van der Waals surface area contributed by atoms with Crippen LogP contribution in [0.3, 0.4) is 0 Å². The number of hydrogen-bond acceptors (Lipinski definition) is 5. The van der Waals surface area contributed by atoms with E-state index >= 15 is 0 Å². The van der Waals surface area contributed by atoms with Crippen molar-refractivity contribution in [3.05, 3.63) is 36.9 Å². The molecule has 112 valence electrons. The highest BCUT2D eigenvalue weighted by molar-refractivity contribution is 8.00. The maximum Gasteiger partial charge on any atom is 0.233 e. The molecule has 1 atom stereocenters. The zero-order chi connectivity index (χ0) is 15.5. The van der Waals surface area contributed by atoms with Crippen molar-refractivity contribution < 1.29 is 4.79 Å². The molecule has 0 fully saturated rings. The second-order valence-corrected chi connectivity index (χ2v) is 6.06. The van der Waals surface area contributed by atoms with Gasteiger partial charge in [-0.05, 0) is 13.0 Å². The molecule has 0 aliphatic heterocycles. The van der Waals surface area contributed by atoms with E-state index in [1.54, 1.807) is 6.08 Å². The smallest absolute Gasteiger partial charge is 0.233 e. The van der Waals surface area contributed by atoms with Crippen molar-refractivity contribution in [1.29, 1.82) is 0 Å². The van der Waals surface area contributed by atoms with E-state index in [2.05, 4.69) is 32.1 Å². The Kier molecular flexibility index (Phi) is 4.06. The molecule has 6 nitrogen and oxygen atoms in total. The minimum absolute atomic E-state index is 0.0785. The molecule has 0 saturated carbocycles. The van der Waals surface area contributed by atoms with Gasteiger partial charge in [-0.1, -0.05) is 36.0 Å². The van der Waals surface area contributed by atoms with Crippen LogP contribution >= 0.6 is 11.8 Å². The molecule has 0 radical (unpaired) electrons. The molecule has 1 aromatic carbocycles. The van der Waals surface area contributed by atoms with Gasteiger partial charge in [0, 0.05) is 17.4 Å². The topological polar surface area (TPSA) is 83.6 Å². The van der Waals surface area contributed by atoms with Gasteiger partial charge in [0.2, 0.25) is 11.1 Å². The van der Waals surface area contributed by atoms with Crippen LogP contribution in [0.15, 0.2) is 42.1 Å². The van der Waals surface area contributed by atoms with E-state index in [9.17, 15) is 4.79 Å². The van der Waals surface area contributed by atoms with Crippen molar-refractivity contribution >= 4 is 39.7 Å². The van der Waals surface area contributed by atoms with Crippen LogP contribution in [-0.2, 0) is 4.79 Å². The Morgan fingerprint density at radius 3 is 3.09 bits per heavy atom. The number of nitrogens with one attached hydrogen (secondary N) is 2. The molecule has 2 heterocycles. The molecular formula is C15H15N5OS. The number of rotatable bonds is 5. The summed E-state index contributed by atoms with van der Waals surface area (Å²) in [7, 11) is 0. The van der Waals surface area contributed by atoms with Crippen LogP contribution in [0.1, 0.15) is 6.92 Å². The van der Waals surface area contributed by atoms with Gasteiger partial charge in [-0.3, -0.25) is 4.79 Å². The summed E-state index contributed by atoms with van der Waals surface area (Å²) in [5.74, 6) is -0.0785. The summed E-state index contributed by atoms with van der Waals surface area (Å²) in [6.45, 7) is 5.83. The molecule has 0 aliphatic carbocycles. The van der Waals surface area contributed by atoms with Crippen LogP contribution in [0.25, 0.3) is 22.1 Å². The lowest BCUT2D eigenvalue weighted by atomic mass is 10.2. The number of aromatic amines is 1. The third-order valence-electron chi connectivity index (χ3n) is 3.17. The summed E-state index contributed by atoms with van der Waals surface area (Å²) in [6, 6.07) is 7.85. The zero-order valence-corrected chi connectivity index (χ0v) is 12.9. The van der Waals surface area contributed by atoms with Crippen LogP contribution in [0, 0.1) is 0 Å². The molecule has 3 rings (SSSR count). The molecule has 7 heteroatoms. The predicted octanol–water partition coefficient (Wildman–Crippen LogP) is 2.29. The molecule has 1 amide bonds. The first-order chi connectivity index (χ1) is 10.7. The third-order valence-corrected chi connectivity index (χ3v) is 4.13. The summed E-state index contributed by atoms with van der Waals surface area (Å²) in [5.41, 5.74) is 2.39. The summed E-state index contributed by atoms with van der Waals surface area (Å²) in [5, 5.41) is 12.3. The average molecular weight is 313 g/mol. The Morgan fingerprint density at radius 1 is 1.45 bits per heavy atom. The summed E-state index contributed by atoms with van der Waals surface area (Å²) in [6.07, 6.45) is 1.64. The second-order valence-electron chi connectivity index (χ2n) is 4.76. The van der Waals surface area contributed by atoms with Crippen LogP contribution in [0.5, 0.6) is 0 Å². The van der Waals surface area contributed by atoms with Gasteiger partial charge in [-0.2, -0.15) is 0 Å². The second kappa shape index (κ2) is 6.15. The third kappa shape index (κ3) is 2.80. The number of carbonyl (C=O) groups is 1. The molecule has 2 aromatic heterocycles. The molecule has 0 spiro atoms. The fourth-order valence-electron chi connectivity index (χ4n) is 2.08. The van der Waals surface area contributed by atoms with E-state index in [1.165, 1.54) is 11.8 Å². The summed E-state index contributed by atoms with van der Waals surface area (Å²) in [4.78, 5) is 19.5. The van der Waals surface area contributed by atoms with E-state index < -0.39 is 0 Å². The lowest BCUT2D eigenvalue weighted by Crippen LogP contribution is -2.31. The summed E-state index contributed by atoms with van der Waals surface area (Å²) >= 11 is 1.28. The number of amides is 1. The van der Waals surface area contributed by atoms with Crippen LogP contribution in [0.2, 0.25) is 0 Å². The number of hydrogen-bond donors (Lipinski definition) is 2. The summed E-state index contributed by atoms with van der Waals surface area (Å²) < 4.78 is 0. The Labute approximate surface area is 131 Å². The molecule has 1 unspecified atom stereocenters. The number of thioether (sulfide) groups is 1. The van der Waals surface area contributed by atoms with E-state index in [0.29, 0.717) is 17.3 Å². The Balaban J connectivity index is 1.84. The first-order valence-corrected chi connectivity index (χ1v) is 7.73. The Morgan fingerprint density at radius 2 is 2.27 bits per heavy atom. The van der Waals surface area contributed by atoms with Crippen LogP contribution in [0.4, 0.5) is 0 Å². The van der Waals surface area contributed by atoms with Crippen molar-refractivity contribution in [1.82, 2.24) is 25.5 Å². The van der Waals surface area contributed by atoms with Crippen LogP contribution in [-0.4, -0.2) is 37.9 Å². The lowest BCUT2D eigenvalue weighted by Gasteiger charge is -2.08. The highest BCUT2D eigenvalue weighted by Crippen LogP contribution is 2.24. The average Bonchev–Trinajstić information content (AvgIpc) is 2.90. The van der Waals surface area contributed by atoms with E-state index in [-0.39, 0.29) is 11.2 Å². The quantitative estimate of drug-likeness (QED) is 0.558. The Hall–Kier alpha value is -2.41. The van der Waals surface area contributed by atoms with Gasteiger partial charge in [0.1, 0.15) is 5.52 Å². The molecule has 3 aromatic rings.